The maximum atomic E-state index is 6.19. The Hall–Kier alpha value is -1.65. The predicted molar refractivity (Wildman–Crippen MR) is 103 cm³/mol. The number of fused-ring (bicyclic) bond motifs is 1. The van der Waals surface area contributed by atoms with Crippen molar-refractivity contribution in [2.75, 3.05) is 5.32 Å². The van der Waals surface area contributed by atoms with Crippen LogP contribution in [0.25, 0.3) is 21.3 Å². The number of aromatic nitrogens is 2. The van der Waals surface area contributed by atoms with Gasteiger partial charge in [-0.2, -0.15) is 0 Å². The molecule has 0 bridgehead atoms. The molecular weight excluding hydrogens is 338 g/mol. The lowest BCUT2D eigenvalue weighted by Crippen LogP contribution is -2.23. The van der Waals surface area contributed by atoms with Crippen LogP contribution in [-0.4, -0.2) is 16.0 Å². The Balaban J connectivity index is 1.85. The van der Waals surface area contributed by atoms with E-state index in [1.165, 1.54) is 48.1 Å². The Morgan fingerprint density at radius 2 is 1.83 bits per heavy atom. The maximum Gasteiger partial charge on any atom is 0.225 e. The molecule has 5 heteroatoms. The normalized spacial score (nSPS) is 15.8. The molecule has 1 fully saturated rings. The van der Waals surface area contributed by atoms with E-state index >= 15 is 0 Å². The van der Waals surface area contributed by atoms with Crippen LogP contribution >= 0.6 is 22.9 Å². The zero-order valence-corrected chi connectivity index (χ0v) is 15.3. The van der Waals surface area contributed by atoms with E-state index < -0.39 is 0 Å². The number of hydrogen-bond donors (Lipinski definition) is 1. The SMILES string of the molecule is Cc1sc2nc(Cl)nc(NC3CCCCC3)c2c1-c1ccccc1. The van der Waals surface area contributed by atoms with Crippen molar-refractivity contribution in [2.45, 2.75) is 45.1 Å². The molecule has 0 spiro atoms. The summed E-state index contributed by atoms with van der Waals surface area (Å²) in [6.45, 7) is 2.15. The van der Waals surface area contributed by atoms with Crippen molar-refractivity contribution in [3.8, 4) is 11.1 Å². The van der Waals surface area contributed by atoms with E-state index in [0.29, 0.717) is 11.3 Å². The summed E-state index contributed by atoms with van der Waals surface area (Å²) in [4.78, 5) is 11.2. The highest BCUT2D eigenvalue weighted by molar-refractivity contribution is 7.19. The number of halogens is 1. The van der Waals surface area contributed by atoms with Crippen LogP contribution < -0.4 is 5.32 Å². The smallest absolute Gasteiger partial charge is 0.225 e. The van der Waals surface area contributed by atoms with E-state index in [2.05, 4.69) is 46.5 Å². The third-order valence-corrected chi connectivity index (χ3v) is 5.88. The van der Waals surface area contributed by atoms with E-state index in [4.69, 9.17) is 11.6 Å². The van der Waals surface area contributed by atoms with Crippen molar-refractivity contribution < 1.29 is 0 Å². The van der Waals surface area contributed by atoms with Gasteiger partial charge in [0.2, 0.25) is 5.28 Å². The summed E-state index contributed by atoms with van der Waals surface area (Å²) in [7, 11) is 0. The van der Waals surface area contributed by atoms with Gasteiger partial charge in [0.15, 0.2) is 0 Å². The minimum Gasteiger partial charge on any atom is -0.367 e. The van der Waals surface area contributed by atoms with Crippen LogP contribution in [0, 0.1) is 6.92 Å². The van der Waals surface area contributed by atoms with Crippen LogP contribution in [0.4, 0.5) is 5.82 Å². The summed E-state index contributed by atoms with van der Waals surface area (Å²) in [5.74, 6) is 0.889. The highest BCUT2D eigenvalue weighted by Crippen LogP contribution is 2.41. The Kier molecular flexibility index (Phi) is 4.42. The molecule has 0 radical (unpaired) electrons. The van der Waals surface area contributed by atoms with Crippen LogP contribution in [0.5, 0.6) is 0 Å². The lowest BCUT2D eigenvalue weighted by Gasteiger charge is -2.23. The molecule has 3 nitrogen and oxygen atoms in total. The topological polar surface area (TPSA) is 37.8 Å². The zero-order valence-electron chi connectivity index (χ0n) is 13.7. The van der Waals surface area contributed by atoms with E-state index in [9.17, 15) is 0 Å². The molecule has 4 rings (SSSR count). The second kappa shape index (κ2) is 6.69. The van der Waals surface area contributed by atoms with E-state index in [0.717, 1.165) is 16.0 Å². The number of thiophene rings is 1. The van der Waals surface area contributed by atoms with Crippen LogP contribution in [-0.2, 0) is 0 Å². The molecule has 0 atom stereocenters. The van der Waals surface area contributed by atoms with E-state index in [-0.39, 0.29) is 0 Å². The quantitative estimate of drug-likeness (QED) is 0.578. The second-order valence-corrected chi connectivity index (χ2v) is 7.94. The third-order valence-electron chi connectivity index (χ3n) is 4.71. The lowest BCUT2D eigenvalue weighted by atomic mass is 9.95. The Bertz CT molecular complexity index is 854. The molecule has 0 amide bonds. The summed E-state index contributed by atoms with van der Waals surface area (Å²) in [5, 5.41) is 5.09. The molecule has 2 aromatic heterocycles. The van der Waals surface area contributed by atoms with Gasteiger partial charge in [0.25, 0.3) is 0 Å². The Morgan fingerprint density at radius 1 is 1.08 bits per heavy atom. The average molecular weight is 358 g/mol. The summed E-state index contributed by atoms with van der Waals surface area (Å²) in [5.41, 5.74) is 2.43. The number of nitrogens with one attached hydrogen (secondary N) is 1. The standard InChI is InChI=1S/C19H20ClN3S/c1-12-15(13-8-4-2-5-9-13)16-17(21-14-10-6-3-7-11-14)22-19(20)23-18(16)24-12/h2,4-5,8-9,14H,3,6-7,10-11H2,1H3,(H,21,22,23). The van der Waals surface area contributed by atoms with Gasteiger partial charge < -0.3 is 5.32 Å². The van der Waals surface area contributed by atoms with Gasteiger partial charge in [-0.25, -0.2) is 9.97 Å². The molecule has 0 saturated heterocycles. The summed E-state index contributed by atoms with van der Waals surface area (Å²) >= 11 is 7.88. The largest absolute Gasteiger partial charge is 0.367 e. The van der Waals surface area contributed by atoms with Gasteiger partial charge in [-0.15, -0.1) is 11.3 Å². The zero-order chi connectivity index (χ0) is 16.5. The van der Waals surface area contributed by atoms with Crippen LogP contribution in [0.2, 0.25) is 5.28 Å². The molecular formula is C19H20ClN3S. The first kappa shape index (κ1) is 15.9. The first-order chi connectivity index (χ1) is 11.7. The summed E-state index contributed by atoms with van der Waals surface area (Å²) in [6.07, 6.45) is 6.31. The fourth-order valence-electron chi connectivity index (χ4n) is 3.58. The average Bonchev–Trinajstić information content (AvgIpc) is 2.92. The van der Waals surface area contributed by atoms with Crippen LogP contribution in [0.15, 0.2) is 30.3 Å². The number of benzene rings is 1. The fraction of sp³-hybridized carbons (Fsp3) is 0.368. The molecule has 1 N–H and O–H groups in total. The number of nitrogens with zero attached hydrogens (tertiary/aromatic N) is 2. The molecule has 0 aliphatic heterocycles. The Morgan fingerprint density at radius 3 is 2.58 bits per heavy atom. The molecule has 124 valence electrons. The van der Waals surface area contributed by atoms with Gasteiger partial charge in [-0.3, -0.25) is 0 Å². The van der Waals surface area contributed by atoms with Gasteiger partial charge in [0.1, 0.15) is 10.6 Å². The van der Waals surface area contributed by atoms with Crippen molar-refractivity contribution in [1.82, 2.24) is 9.97 Å². The summed E-state index contributed by atoms with van der Waals surface area (Å²) < 4.78 is 0. The lowest BCUT2D eigenvalue weighted by molar-refractivity contribution is 0.462. The first-order valence-corrected chi connectivity index (χ1v) is 9.70. The van der Waals surface area contributed by atoms with Crippen molar-refractivity contribution in [3.05, 3.63) is 40.5 Å². The van der Waals surface area contributed by atoms with E-state index in [1.54, 1.807) is 11.3 Å². The fourth-order valence-corrected chi connectivity index (χ4v) is 4.85. The van der Waals surface area contributed by atoms with Gasteiger partial charge in [0.05, 0.1) is 5.39 Å². The number of anilines is 1. The molecule has 1 aliphatic carbocycles. The van der Waals surface area contributed by atoms with Crippen LogP contribution in [0.3, 0.4) is 0 Å². The Labute approximate surface area is 151 Å². The molecule has 3 aromatic rings. The molecule has 1 saturated carbocycles. The monoisotopic (exact) mass is 357 g/mol. The molecule has 24 heavy (non-hydrogen) atoms. The van der Waals surface area contributed by atoms with Crippen molar-refractivity contribution >= 4 is 39.0 Å². The molecule has 2 heterocycles. The predicted octanol–water partition coefficient (Wildman–Crippen LogP) is 6.06. The first-order valence-electron chi connectivity index (χ1n) is 8.51. The molecule has 0 unspecified atom stereocenters. The van der Waals surface area contributed by atoms with E-state index in [1.807, 2.05) is 6.07 Å². The minimum absolute atomic E-state index is 0.321. The minimum atomic E-state index is 0.321. The highest BCUT2D eigenvalue weighted by Gasteiger charge is 2.21. The van der Waals surface area contributed by atoms with Gasteiger partial charge in [-0.1, -0.05) is 49.6 Å². The van der Waals surface area contributed by atoms with Gasteiger partial charge in [-0.05, 0) is 36.9 Å². The van der Waals surface area contributed by atoms with Crippen molar-refractivity contribution in [1.29, 1.82) is 0 Å². The number of hydrogen-bond acceptors (Lipinski definition) is 4. The van der Waals surface area contributed by atoms with Gasteiger partial charge >= 0.3 is 0 Å². The van der Waals surface area contributed by atoms with Gasteiger partial charge in [0, 0.05) is 16.5 Å². The van der Waals surface area contributed by atoms with Crippen LogP contribution in [0.1, 0.15) is 37.0 Å². The third kappa shape index (κ3) is 3.01. The molecule has 1 aromatic carbocycles. The van der Waals surface area contributed by atoms with Crippen molar-refractivity contribution in [3.63, 3.8) is 0 Å². The summed E-state index contributed by atoms with van der Waals surface area (Å²) in [6, 6.07) is 11.0. The highest BCUT2D eigenvalue weighted by atomic mass is 35.5. The molecule has 1 aliphatic rings. The number of aryl methyl sites for hydroxylation is 1. The number of rotatable bonds is 3. The van der Waals surface area contributed by atoms with Crippen molar-refractivity contribution in [2.24, 2.45) is 0 Å². The second-order valence-electron chi connectivity index (χ2n) is 6.40. The maximum absolute atomic E-state index is 6.19.